The lowest BCUT2D eigenvalue weighted by Gasteiger charge is -2.28. The monoisotopic (exact) mass is 281 g/mol. The molecule has 0 radical (unpaired) electrons. The molecule has 0 saturated heterocycles. The number of hydrogen-bond acceptors (Lipinski definition) is 2. The first kappa shape index (κ1) is 14.3. The van der Waals surface area contributed by atoms with Gasteiger partial charge in [0.1, 0.15) is 5.82 Å². The van der Waals surface area contributed by atoms with Crippen LogP contribution in [0.2, 0.25) is 5.02 Å². The molecule has 0 bridgehead atoms. The minimum atomic E-state index is -0.984. The van der Waals surface area contributed by atoms with Crippen LogP contribution in [0.1, 0.15) is 44.3 Å². The Hall–Kier alpha value is -1.11. The average molecular weight is 282 g/mol. The molecule has 0 spiro atoms. The van der Waals surface area contributed by atoms with Crippen molar-refractivity contribution in [2.45, 2.75) is 38.7 Å². The molecule has 1 N–H and O–H groups in total. The molecule has 1 saturated carbocycles. The fourth-order valence-corrected chi connectivity index (χ4v) is 3.22. The zero-order valence-corrected chi connectivity index (χ0v) is 11.6. The lowest BCUT2D eigenvalue weighted by Crippen LogP contribution is -2.24. The maximum Gasteiger partial charge on any atom is 0.125 e. The van der Waals surface area contributed by atoms with Crippen molar-refractivity contribution in [1.82, 2.24) is 0 Å². The standard InChI is InChI=1S/C15H17ClFNO/c1-2-10-3-4-15(8-10,9-18)14(19)11-5-12(16)7-13(17)6-11/h5-7,10,14,19H,2-4,8H2,1H3. The molecule has 3 atom stereocenters. The van der Waals surface area contributed by atoms with E-state index in [9.17, 15) is 14.8 Å². The maximum atomic E-state index is 13.4. The smallest absolute Gasteiger partial charge is 0.125 e. The summed E-state index contributed by atoms with van der Waals surface area (Å²) in [6, 6.07) is 6.25. The van der Waals surface area contributed by atoms with Crippen LogP contribution in [-0.2, 0) is 0 Å². The normalized spacial score (nSPS) is 28.1. The summed E-state index contributed by atoms with van der Waals surface area (Å²) in [5.74, 6) is -0.0296. The van der Waals surface area contributed by atoms with E-state index < -0.39 is 17.3 Å². The van der Waals surface area contributed by atoms with Crippen LogP contribution >= 0.6 is 11.6 Å². The van der Waals surface area contributed by atoms with Crippen LogP contribution in [0, 0.1) is 28.5 Å². The Balaban J connectivity index is 2.31. The second-order valence-electron chi connectivity index (χ2n) is 5.39. The highest BCUT2D eigenvalue weighted by molar-refractivity contribution is 6.30. The molecule has 19 heavy (non-hydrogen) atoms. The van der Waals surface area contributed by atoms with Gasteiger partial charge >= 0.3 is 0 Å². The van der Waals surface area contributed by atoms with Gasteiger partial charge in [-0.1, -0.05) is 24.9 Å². The van der Waals surface area contributed by atoms with Crippen molar-refractivity contribution in [3.8, 4) is 6.07 Å². The minimum absolute atomic E-state index is 0.243. The molecule has 0 amide bonds. The summed E-state index contributed by atoms with van der Waals surface area (Å²) in [5.41, 5.74) is -0.416. The number of aliphatic hydroxyl groups excluding tert-OH is 1. The number of benzene rings is 1. The molecular weight excluding hydrogens is 265 g/mol. The van der Waals surface area contributed by atoms with Gasteiger partial charge in [-0.25, -0.2) is 4.39 Å². The molecule has 0 heterocycles. The Morgan fingerprint density at radius 3 is 2.84 bits per heavy atom. The Morgan fingerprint density at radius 1 is 1.58 bits per heavy atom. The third-order valence-corrected chi connectivity index (χ3v) is 4.39. The molecule has 1 fully saturated rings. The maximum absolute atomic E-state index is 13.4. The van der Waals surface area contributed by atoms with Gasteiger partial charge in [0, 0.05) is 5.02 Å². The summed E-state index contributed by atoms with van der Waals surface area (Å²) in [5, 5.41) is 20.2. The van der Waals surface area contributed by atoms with E-state index >= 15 is 0 Å². The van der Waals surface area contributed by atoms with Gasteiger partial charge in [-0.3, -0.25) is 0 Å². The molecule has 1 aromatic carbocycles. The van der Waals surface area contributed by atoms with Crippen LogP contribution in [0.3, 0.4) is 0 Å². The highest BCUT2D eigenvalue weighted by atomic mass is 35.5. The van der Waals surface area contributed by atoms with Gasteiger partial charge in [-0.05, 0) is 48.9 Å². The number of aliphatic hydroxyl groups is 1. The van der Waals surface area contributed by atoms with Crippen molar-refractivity contribution in [3.05, 3.63) is 34.6 Å². The highest BCUT2D eigenvalue weighted by Crippen LogP contribution is 2.50. The summed E-state index contributed by atoms with van der Waals surface area (Å²) < 4.78 is 13.4. The van der Waals surface area contributed by atoms with Gasteiger partial charge in [0.25, 0.3) is 0 Å². The van der Waals surface area contributed by atoms with Gasteiger partial charge in [0.05, 0.1) is 17.6 Å². The van der Waals surface area contributed by atoms with E-state index in [1.807, 2.05) is 0 Å². The van der Waals surface area contributed by atoms with E-state index in [1.165, 1.54) is 18.2 Å². The van der Waals surface area contributed by atoms with Gasteiger partial charge < -0.3 is 5.11 Å². The summed E-state index contributed by atoms with van der Waals surface area (Å²) in [6.07, 6.45) is 2.26. The average Bonchev–Trinajstić information content (AvgIpc) is 2.81. The quantitative estimate of drug-likeness (QED) is 0.901. The van der Waals surface area contributed by atoms with Crippen molar-refractivity contribution in [2.75, 3.05) is 0 Å². The van der Waals surface area contributed by atoms with Crippen LogP contribution < -0.4 is 0 Å². The molecule has 1 aromatic rings. The third-order valence-electron chi connectivity index (χ3n) is 4.18. The Morgan fingerprint density at radius 2 is 2.32 bits per heavy atom. The first-order valence-corrected chi connectivity index (χ1v) is 6.94. The fraction of sp³-hybridized carbons (Fsp3) is 0.533. The molecule has 1 aliphatic carbocycles. The van der Waals surface area contributed by atoms with Crippen molar-refractivity contribution in [1.29, 1.82) is 5.26 Å². The van der Waals surface area contributed by atoms with E-state index in [0.29, 0.717) is 24.3 Å². The van der Waals surface area contributed by atoms with Gasteiger partial charge in [0.15, 0.2) is 0 Å². The molecule has 0 aromatic heterocycles. The van der Waals surface area contributed by atoms with Crippen LogP contribution in [-0.4, -0.2) is 5.11 Å². The van der Waals surface area contributed by atoms with E-state index in [2.05, 4.69) is 13.0 Å². The van der Waals surface area contributed by atoms with Crippen molar-refractivity contribution in [3.63, 3.8) is 0 Å². The summed E-state index contributed by atoms with van der Waals surface area (Å²) in [6.45, 7) is 2.09. The van der Waals surface area contributed by atoms with Crippen molar-refractivity contribution < 1.29 is 9.50 Å². The van der Waals surface area contributed by atoms with E-state index in [-0.39, 0.29) is 5.02 Å². The molecule has 4 heteroatoms. The summed E-state index contributed by atoms with van der Waals surface area (Å²) >= 11 is 5.81. The predicted molar refractivity (Wildman–Crippen MR) is 72.0 cm³/mol. The second kappa shape index (κ2) is 5.48. The molecule has 2 rings (SSSR count). The molecule has 3 unspecified atom stereocenters. The highest BCUT2D eigenvalue weighted by Gasteiger charge is 2.45. The Bertz CT molecular complexity index is 493. The number of halogens is 2. The number of nitrogens with zero attached hydrogens (tertiary/aromatic N) is 1. The zero-order valence-electron chi connectivity index (χ0n) is 10.9. The van der Waals surface area contributed by atoms with Gasteiger partial charge in [0.2, 0.25) is 0 Å². The van der Waals surface area contributed by atoms with Crippen LogP contribution in [0.5, 0.6) is 0 Å². The summed E-state index contributed by atoms with van der Waals surface area (Å²) in [4.78, 5) is 0. The van der Waals surface area contributed by atoms with E-state index in [0.717, 1.165) is 12.8 Å². The van der Waals surface area contributed by atoms with Crippen LogP contribution in [0.4, 0.5) is 4.39 Å². The van der Waals surface area contributed by atoms with E-state index in [1.54, 1.807) is 0 Å². The molecule has 102 valence electrons. The van der Waals surface area contributed by atoms with Crippen molar-refractivity contribution >= 4 is 11.6 Å². The van der Waals surface area contributed by atoms with Gasteiger partial charge in [-0.2, -0.15) is 5.26 Å². The van der Waals surface area contributed by atoms with Crippen molar-refractivity contribution in [2.24, 2.45) is 11.3 Å². The largest absolute Gasteiger partial charge is 0.387 e. The SMILES string of the molecule is CCC1CCC(C#N)(C(O)c2cc(F)cc(Cl)c2)C1. The topological polar surface area (TPSA) is 44.0 Å². The zero-order chi connectivity index (χ0) is 14.0. The number of nitriles is 1. The molecule has 0 aliphatic heterocycles. The third kappa shape index (κ3) is 2.75. The first-order valence-electron chi connectivity index (χ1n) is 6.56. The Labute approximate surface area is 117 Å². The number of rotatable bonds is 3. The summed E-state index contributed by atoms with van der Waals surface area (Å²) in [7, 11) is 0. The van der Waals surface area contributed by atoms with E-state index in [4.69, 9.17) is 11.6 Å². The molecule has 1 aliphatic rings. The van der Waals surface area contributed by atoms with Gasteiger partial charge in [-0.15, -0.1) is 0 Å². The van der Waals surface area contributed by atoms with Crippen LogP contribution in [0.25, 0.3) is 0 Å². The lowest BCUT2D eigenvalue weighted by atomic mass is 9.78. The Kier molecular flexibility index (Phi) is 4.13. The number of hydrogen-bond donors (Lipinski definition) is 1. The predicted octanol–water partition coefficient (Wildman–Crippen LogP) is 4.23. The first-order chi connectivity index (χ1) is 9.00. The molecule has 2 nitrogen and oxygen atoms in total. The second-order valence-corrected chi connectivity index (χ2v) is 5.83. The van der Waals surface area contributed by atoms with Crippen LogP contribution in [0.15, 0.2) is 18.2 Å². The molecular formula is C15H17ClFNO. The fourth-order valence-electron chi connectivity index (χ4n) is 2.99. The minimum Gasteiger partial charge on any atom is -0.387 e. The lowest BCUT2D eigenvalue weighted by molar-refractivity contribution is 0.0638.